The molecule has 0 atom stereocenters. The molecule has 6 heteroatoms. The summed E-state index contributed by atoms with van der Waals surface area (Å²) in [4.78, 5) is 19.0. The van der Waals surface area contributed by atoms with Crippen LogP contribution >= 0.6 is 0 Å². The van der Waals surface area contributed by atoms with Crippen molar-refractivity contribution >= 4 is 22.6 Å². The average Bonchev–Trinajstić information content (AvgIpc) is 3.34. The summed E-state index contributed by atoms with van der Waals surface area (Å²) in [6.07, 6.45) is 7.81. The van der Waals surface area contributed by atoms with Crippen LogP contribution in [0.4, 0.5) is 8.78 Å². The predicted octanol–water partition coefficient (Wildman–Crippen LogP) is 5.25. The molecule has 0 unspecified atom stereocenters. The van der Waals surface area contributed by atoms with Gasteiger partial charge in [-0.15, -0.1) is 0 Å². The molecule has 28 heavy (non-hydrogen) atoms. The lowest BCUT2D eigenvalue weighted by Crippen LogP contribution is -2.05. The van der Waals surface area contributed by atoms with Gasteiger partial charge in [-0.1, -0.05) is 25.0 Å². The van der Waals surface area contributed by atoms with E-state index in [4.69, 9.17) is 0 Å². The van der Waals surface area contributed by atoms with Gasteiger partial charge in [0.1, 0.15) is 17.3 Å². The molecule has 1 aromatic carbocycles. The van der Waals surface area contributed by atoms with Gasteiger partial charge in [0.15, 0.2) is 0 Å². The summed E-state index contributed by atoms with van der Waals surface area (Å²) in [5, 5.41) is 0.652. The Kier molecular flexibility index (Phi) is 4.94. The van der Waals surface area contributed by atoms with Crippen LogP contribution in [-0.4, -0.2) is 23.0 Å². The second-order valence-electron chi connectivity index (χ2n) is 7.09. The maximum atomic E-state index is 14.5. The van der Waals surface area contributed by atoms with Crippen LogP contribution in [0.2, 0.25) is 0 Å². The van der Waals surface area contributed by atoms with Crippen molar-refractivity contribution in [3.63, 3.8) is 0 Å². The van der Waals surface area contributed by atoms with Crippen LogP contribution in [0.3, 0.4) is 0 Å². The number of fused-ring (bicyclic) bond motifs is 1. The van der Waals surface area contributed by atoms with Gasteiger partial charge >= 0.3 is 5.97 Å². The highest BCUT2D eigenvalue weighted by Crippen LogP contribution is 2.33. The summed E-state index contributed by atoms with van der Waals surface area (Å²) in [5.74, 6) is -1.36. The maximum Gasteiger partial charge on any atom is 0.340 e. The molecule has 0 amide bonds. The molecule has 0 radical (unpaired) electrons. The van der Waals surface area contributed by atoms with E-state index in [1.165, 1.54) is 38.2 Å². The molecular weight excluding hydrogens is 362 g/mol. The van der Waals surface area contributed by atoms with Crippen LogP contribution in [0.5, 0.6) is 0 Å². The highest BCUT2D eigenvalue weighted by atomic mass is 19.1. The summed E-state index contributed by atoms with van der Waals surface area (Å²) >= 11 is 0. The van der Waals surface area contributed by atoms with Crippen LogP contribution < -0.4 is 0 Å². The third-order valence-electron chi connectivity index (χ3n) is 5.21. The normalized spacial score (nSPS) is 15.3. The monoisotopic (exact) mass is 382 g/mol. The SMILES string of the molecule is COC(=O)c1ccc(/C(=C/C2CCCC2)c2cc3cc(F)cnc3[nH]2)cc1F. The molecule has 1 saturated carbocycles. The zero-order valence-corrected chi connectivity index (χ0v) is 15.5. The number of aromatic amines is 1. The number of H-pyrrole nitrogens is 1. The smallest absolute Gasteiger partial charge is 0.340 e. The first kappa shape index (κ1) is 18.3. The lowest BCUT2D eigenvalue weighted by Gasteiger charge is -2.11. The van der Waals surface area contributed by atoms with Gasteiger partial charge in [0.2, 0.25) is 0 Å². The van der Waals surface area contributed by atoms with Crippen LogP contribution in [0, 0.1) is 17.6 Å². The molecule has 0 bridgehead atoms. The predicted molar refractivity (Wildman–Crippen MR) is 103 cm³/mol. The summed E-state index contributed by atoms with van der Waals surface area (Å²) < 4.78 is 32.7. The molecule has 4 nitrogen and oxygen atoms in total. The fourth-order valence-electron chi connectivity index (χ4n) is 3.79. The van der Waals surface area contributed by atoms with Crippen molar-refractivity contribution in [2.75, 3.05) is 7.11 Å². The second kappa shape index (κ2) is 7.54. The molecule has 1 aliphatic rings. The Balaban J connectivity index is 1.81. The van der Waals surface area contributed by atoms with Gasteiger partial charge in [0, 0.05) is 16.7 Å². The van der Waals surface area contributed by atoms with Crippen molar-refractivity contribution < 1.29 is 18.3 Å². The van der Waals surface area contributed by atoms with E-state index in [1.807, 2.05) is 6.07 Å². The van der Waals surface area contributed by atoms with E-state index in [0.717, 1.165) is 30.3 Å². The molecule has 0 spiro atoms. The van der Waals surface area contributed by atoms with Crippen molar-refractivity contribution in [2.45, 2.75) is 25.7 Å². The fourth-order valence-corrected chi connectivity index (χ4v) is 3.79. The number of rotatable bonds is 4. The zero-order chi connectivity index (χ0) is 19.7. The lowest BCUT2D eigenvalue weighted by atomic mass is 9.95. The van der Waals surface area contributed by atoms with Gasteiger partial charge in [-0.2, -0.15) is 0 Å². The Morgan fingerprint density at radius 3 is 2.71 bits per heavy atom. The first-order valence-corrected chi connectivity index (χ1v) is 9.30. The molecule has 144 valence electrons. The number of halogens is 2. The number of aromatic nitrogens is 2. The van der Waals surface area contributed by atoms with Gasteiger partial charge in [0.05, 0.1) is 18.9 Å². The van der Waals surface area contributed by atoms with Crippen molar-refractivity contribution in [2.24, 2.45) is 5.92 Å². The standard InChI is InChI=1S/C22H20F2N2O2/c1-28-22(27)17-7-6-14(10-19(17)24)18(8-13-4-2-3-5-13)20-11-15-9-16(23)12-25-21(15)26-20/h6-13H,2-5H2,1H3,(H,25,26)/b18-8-. The minimum Gasteiger partial charge on any atom is -0.465 e. The topological polar surface area (TPSA) is 55.0 Å². The molecule has 1 aliphatic carbocycles. The van der Waals surface area contributed by atoms with Crippen LogP contribution in [0.1, 0.15) is 47.3 Å². The number of nitrogens with zero attached hydrogens (tertiary/aromatic N) is 1. The number of hydrogen-bond donors (Lipinski definition) is 1. The first-order chi connectivity index (χ1) is 13.5. The molecule has 1 fully saturated rings. The number of allylic oxidation sites excluding steroid dienone is 1. The van der Waals surface area contributed by atoms with E-state index in [2.05, 4.69) is 20.8 Å². The minimum absolute atomic E-state index is 0.105. The average molecular weight is 382 g/mol. The van der Waals surface area contributed by atoms with Gasteiger partial charge in [-0.3, -0.25) is 0 Å². The molecule has 0 saturated heterocycles. The van der Waals surface area contributed by atoms with Crippen LogP contribution in [0.25, 0.3) is 16.6 Å². The Morgan fingerprint density at radius 2 is 2.00 bits per heavy atom. The quantitative estimate of drug-likeness (QED) is 0.627. The Bertz CT molecular complexity index is 1070. The number of nitrogens with one attached hydrogen (secondary N) is 1. The highest BCUT2D eigenvalue weighted by Gasteiger charge is 2.19. The number of carbonyl (C=O) groups is 1. The first-order valence-electron chi connectivity index (χ1n) is 9.30. The Morgan fingerprint density at radius 1 is 1.21 bits per heavy atom. The van der Waals surface area contributed by atoms with Crippen molar-refractivity contribution in [1.29, 1.82) is 0 Å². The largest absolute Gasteiger partial charge is 0.465 e. The van der Waals surface area contributed by atoms with Crippen LogP contribution in [-0.2, 0) is 4.74 Å². The zero-order valence-electron chi connectivity index (χ0n) is 15.5. The van der Waals surface area contributed by atoms with Crippen molar-refractivity contribution in [3.8, 4) is 0 Å². The van der Waals surface area contributed by atoms with E-state index in [1.54, 1.807) is 6.07 Å². The molecule has 0 aliphatic heterocycles. The third kappa shape index (κ3) is 3.54. The number of esters is 1. The summed E-state index contributed by atoms with van der Waals surface area (Å²) in [6.45, 7) is 0. The number of ether oxygens (including phenoxy) is 1. The van der Waals surface area contributed by atoms with E-state index in [9.17, 15) is 13.6 Å². The van der Waals surface area contributed by atoms with E-state index >= 15 is 0 Å². The van der Waals surface area contributed by atoms with Crippen molar-refractivity contribution in [3.05, 3.63) is 71.1 Å². The minimum atomic E-state index is -0.712. The molecule has 2 aromatic heterocycles. The van der Waals surface area contributed by atoms with Crippen molar-refractivity contribution in [1.82, 2.24) is 9.97 Å². The van der Waals surface area contributed by atoms with Gasteiger partial charge < -0.3 is 9.72 Å². The third-order valence-corrected chi connectivity index (χ3v) is 5.21. The number of methoxy groups -OCH3 is 1. The molecule has 3 aromatic rings. The lowest BCUT2D eigenvalue weighted by molar-refractivity contribution is 0.0595. The van der Waals surface area contributed by atoms with Gasteiger partial charge in [-0.05, 0) is 48.6 Å². The molecule has 2 heterocycles. The highest BCUT2D eigenvalue weighted by molar-refractivity contribution is 5.91. The second-order valence-corrected chi connectivity index (χ2v) is 7.09. The Labute approximate surface area is 161 Å². The fraction of sp³-hybridized carbons (Fsp3) is 0.273. The van der Waals surface area contributed by atoms with Crippen LogP contribution in [0.15, 0.2) is 42.6 Å². The molecule has 1 N–H and O–H groups in total. The van der Waals surface area contributed by atoms with Gasteiger partial charge in [-0.25, -0.2) is 18.6 Å². The van der Waals surface area contributed by atoms with E-state index in [0.29, 0.717) is 22.5 Å². The summed E-state index contributed by atoms with van der Waals surface area (Å²) in [7, 11) is 1.22. The van der Waals surface area contributed by atoms with E-state index < -0.39 is 17.6 Å². The summed E-state index contributed by atoms with van der Waals surface area (Å²) in [5.41, 5.74) is 2.67. The number of pyridine rings is 1. The number of carbonyl (C=O) groups excluding carboxylic acids is 1. The maximum absolute atomic E-state index is 14.5. The number of benzene rings is 1. The summed E-state index contributed by atoms with van der Waals surface area (Å²) in [6, 6.07) is 7.70. The van der Waals surface area contributed by atoms with E-state index in [-0.39, 0.29) is 5.56 Å². The Hall–Kier alpha value is -3.02. The molecule has 4 rings (SSSR count). The van der Waals surface area contributed by atoms with Gasteiger partial charge in [0.25, 0.3) is 0 Å². The molecular formula is C22H20F2N2O2. The number of hydrogen-bond acceptors (Lipinski definition) is 3.